The van der Waals surface area contributed by atoms with Crippen LogP contribution in [0.3, 0.4) is 0 Å². The van der Waals surface area contributed by atoms with E-state index >= 15 is 0 Å². The van der Waals surface area contributed by atoms with Gasteiger partial charge in [0.05, 0.1) is 6.10 Å². The van der Waals surface area contributed by atoms with E-state index in [4.69, 9.17) is 4.18 Å². The van der Waals surface area contributed by atoms with Crippen LogP contribution < -0.4 is 0 Å². The molecule has 0 spiro atoms. The van der Waals surface area contributed by atoms with Crippen molar-refractivity contribution in [1.29, 1.82) is 0 Å². The highest BCUT2D eigenvalue weighted by Gasteiger charge is 2.30. The highest BCUT2D eigenvalue weighted by Crippen LogP contribution is 2.25. The smallest absolute Gasteiger partial charge is 0.390 e. The fourth-order valence-electron chi connectivity index (χ4n) is 4.30. The molecule has 0 saturated carbocycles. The average Bonchev–Trinajstić information content (AvgIpc) is 2.66. The molecule has 0 bridgehead atoms. The van der Waals surface area contributed by atoms with Crippen LogP contribution in [0.1, 0.15) is 69.9 Å². The van der Waals surface area contributed by atoms with Crippen molar-refractivity contribution in [2.75, 3.05) is 13.1 Å². The van der Waals surface area contributed by atoms with Gasteiger partial charge in [0.1, 0.15) is 6.10 Å². The first-order chi connectivity index (χ1) is 13.8. The number of aliphatic hydroxyl groups is 1. The van der Waals surface area contributed by atoms with Gasteiger partial charge in [-0.05, 0) is 29.9 Å². The zero-order chi connectivity index (χ0) is 21.3. The molecule has 6 nitrogen and oxygen atoms in total. The van der Waals surface area contributed by atoms with E-state index in [0.717, 1.165) is 51.5 Å². The van der Waals surface area contributed by atoms with Crippen molar-refractivity contribution in [3.63, 3.8) is 0 Å². The molecule has 1 heterocycles. The van der Waals surface area contributed by atoms with Crippen molar-refractivity contribution in [1.82, 2.24) is 4.90 Å². The van der Waals surface area contributed by atoms with E-state index in [1.54, 1.807) is 0 Å². The Bertz CT molecular complexity index is 709. The summed E-state index contributed by atoms with van der Waals surface area (Å²) in [4.78, 5) is 2.09. The molecule has 2 rings (SSSR count). The molecular weight excluding hydrogens is 390 g/mol. The summed E-state index contributed by atoms with van der Waals surface area (Å²) in [5, 5.41) is 10.8. The van der Waals surface area contributed by atoms with Crippen LogP contribution in [0.2, 0.25) is 0 Å². The van der Waals surface area contributed by atoms with E-state index in [-0.39, 0.29) is 6.54 Å². The van der Waals surface area contributed by atoms with Crippen molar-refractivity contribution < 1.29 is 22.3 Å². The first-order valence-corrected chi connectivity index (χ1v) is 12.3. The van der Waals surface area contributed by atoms with Crippen molar-refractivity contribution in [2.24, 2.45) is 5.92 Å². The van der Waals surface area contributed by atoms with Gasteiger partial charge >= 0.3 is 10.4 Å². The van der Waals surface area contributed by atoms with Gasteiger partial charge in [-0.25, -0.2) is 4.18 Å². The molecule has 0 radical (unpaired) electrons. The van der Waals surface area contributed by atoms with E-state index in [0.29, 0.717) is 18.9 Å². The average molecular weight is 428 g/mol. The minimum atomic E-state index is -4.64. The highest BCUT2D eigenvalue weighted by molar-refractivity contribution is 7.80. The third kappa shape index (κ3) is 8.72. The first-order valence-electron chi connectivity index (χ1n) is 10.9. The van der Waals surface area contributed by atoms with Crippen LogP contribution in [-0.2, 0) is 27.5 Å². The van der Waals surface area contributed by atoms with Crippen molar-refractivity contribution in [3.05, 3.63) is 35.4 Å². The van der Waals surface area contributed by atoms with Gasteiger partial charge < -0.3 is 5.11 Å². The zero-order valence-corrected chi connectivity index (χ0v) is 18.6. The van der Waals surface area contributed by atoms with Crippen LogP contribution in [0.15, 0.2) is 24.3 Å². The third-order valence-electron chi connectivity index (χ3n) is 5.81. The van der Waals surface area contributed by atoms with Crippen LogP contribution in [0.5, 0.6) is 0 Å². The van der Waals surface area contributed by atoms with Gasteiger partial charge in [0, 0.05) is 19.6 Å². The van der Waals surface area contributed by atoms with E-state index in [1.165, 1.54) is 11.1 Å². The number of fused-ring (bicyclic) bond motifs is 1. The molecule has 0 saturated heterocycles. The molecule has 0 aromatic heterocycles. The molecule has 1 aromatic carbocycles. The highest BCUT2D eigenvalue weighted by atomic mass is 32.3. The van der Waals surface area contributed by atoms with E-state index < -0.39 is 22.6 Å². The lowest BCUT2D eigenvalue weighted by molar-refractivity contribution is -0.00530. The Morgan fingerprint density at radius 1 is 1.10 bits per heavy atom. The second-order valence-corrected chi connectivity index (χ2v) is 9.32. The summed E-state index contributed by atoms with van der Waals surface area (Å²) >= 11 is 0. The van der Waals surface area contributed by atoms with Gasteiger partial charge in [-0.3, -0.25) is 9.45 Å². The van der Waals surface area contributed by atoms with E-state index in [9.17, 15) is 18.1 Å². The number of aliphatic hydroxyl groups excluding tert-OH is 1. The number of unbranched alkanes of at least 4 members (excludes halogenated alkanes) is 2. The quantitative estimate of drug-likeness (QED) is 0.366. The Kier molecular flexibility index (Phi) is 10.1. The standard InChI is InChI=1S/C22H37NO5S/c1-3-5-6-10-18(9-4-2)15-21(24)22(28-29(25,26)27)17-23-14-13-19-11-7-8-12-20(19)16-23/h7-8,11-12,18,21-22,24H,3-6,9-10,13-17H2,1-2H3,(H,25,26,27). The van der Waals surface area contributed by atoms with Crippen molar-refractivity contribution >= 4 is 10.4 Å². The molecule has 3 unspecified atom stereocenters. The van der Waals surface area contributed by atoms with Gasteiger partial charge in [0.2, 0.25) is 0 Å². The second-order valence-electron chi connectivity index (χ2n) is 8.27. The minimum absolute atomic E-state index is 0.267. The Hall–Kier alpha value is -0.990. The molecule has 0 amide bonds. The van der Waals surface area contributed by atoms with Gasteiger partial charge in [-0.2, -0.15) is 8.42 Å². The molecule has 29 heavy (non-hydrogen) atoms. The van der Waals surface area contributed by atoms with Crippen LogP contribution in [0.4, 0.5) is 0 Å². The van der Waals surface area contributed by atoms with Crippen LogP contribution in [-0.4, -0.2) is 48.3 Å². The number of rotatable bonds is 13. The second kappa shape index (κ2) is 12.0. The summed E-state index contributed by atoms with van der Waals surface area (Å²) < 4.78 is 37.0. The van der Waals surface area contributed by atoms with E-state index in [2.05, 4.69) is 30.9 Å². The molecule has 1 aliphatic rings. The fourth-order valence-corrected chi connectivity index (χ4v) is 4.80. The maximum absolute atomic E-state index is 11.4. The van der Waals surface area contributed by atoms with E-state index in [1.807, 2.05) is 12.1 Å². The van der Waals surface area contributed by atoms with Gasteiger partial charge in [-0.1, -0.05) is 76.6 Å². The molecule has 7 heteroatoms. The van der Waals surface area contributed by atoms with Crippen molar-refractivity contribution in [2.45, 2.75) is 84.0 Å². The fraction of sp³-hybridized carbons (Fsp3) is 0.727. The molecular formula is C22H37NO5S. The maximum Gasteiger partial charge on any atom is 0.397 e. The lowest BCUT2D eigenvalue weighted by Crippen LogP contribution is -2.44. The Balaban J connectivity index is 2.02. The summed E-state index contributed by atoms with van der Waals surface area (Å²) in [6.07, 6.45) is 5.92. The van der Waals surface area contributed by atoms with Crippen molar-refractivity contribution in [3.8, 4) is 0 Å². The van der Waals surface area contributed by atoms with Crippen LogP contribution >= 0.6 is 0 Å². The summed E-state index contributed by atoms with van der Waals surface area (Å²) in [5.41, 5.74) is 2.51. The van der Waals surface area contributed by atoms with Gasteiger partial charge in [-0.15, -0.1) is 0 Å². The number of nitrogens with zero attached hydrogens (tertiary/aromatic N) is 1. The SMILES string of the molecule is CCCCCC(CCC)CC(O)C(CN1CCc2ccccc2C1)OS(=O)(=O)O. The van der Waals surface area contributed by atoms with Crippen LogP contribution in [0, 0.1) is 5.92 Å². The maximum atomic E-state index is 11.4. The minimum Gasteiger partial charge on any atom is -0.390 e. The molecule has 0 fully saturated rings. The Morgan fingerprint density at radius 3 is 2.48 bits per heavy atom. The summed E-state index contributed by atoms with van der Waals surface area (Å²) in [6.45, 7) is 6.00. The summed E-state index contributed by atoms with van der Waals surface area (Å²) in [6, 6.07) is 8.20. The molecule has 2 N–H and O–H groups in total. The normalized spacial score (nSPS) is 18.2. The summed E-state index contributed by atoms with van der Waals surface area (Å²) in [5.74, 6) is 0.330. The molecule has 3 atom stereocenters. The zero-order valence-electron chi connectivity index (χ0n) is 17.8. The molecule has 166 valence electrons. The Labute approximate surface area is 176 Å². The third-order valence-corrected chi connectivity index (χ3v) is 6.30. The number of benzene rings is 1. The van der Waals surface area contributed by atoms with Gasteiger partial charge in [0.25, 0.3) is 0 Å². The first kappa shape index (κ1) is 24.3. The topological polar surface area (TPSA) is 87.1 Å². The Morgan fingerprint density at radius 2 is 1.83 bits per heavy atom. The predicted molar refractivity (Wildman–Crippen MR) is 115 cm³/mol. The molecule has 1 aromatic rings. The van der Waals surface area contributed by atoms with Crippen LogP contribution in [0.25, 0.3) is 0 Å². The number of hydrogen-bond acceptors (Lipinski definition) is 5. The summed E-state index contributed by atoms with van der Waals surface area (Å²) in [7, 11) is -4.64. The van der Waals surface area contributed by atoms with Gasteiger partial charge in [0.15, 0.2) is 0 Å². The number of hydrogen-bond donors (Lipinski definition) is 2. The monoisotopic (exact) mass is 427 g/mol. The lowest BCUT2D eigenvalue weighted by Gasteiger charge is -2.33. The predicted octanol–water partition coefficient (Wildman–Crippen LogP) is 3.98. The molecule has 0 aliphatic carbocycles. The lowest BCUT2D eigenvalue weighted by atomic mass is 9.89. The molecule has 1 aliphatic heterocycles. The largest absolute Gasteiger partial charge is 0.397 e.